The molecule has 0 saturated carbocycles. The molecule has 2 aromatic rings. The first-order chi connectivity index (χ1) is 13.0. The van der Waals surface area contributed by atoms with Gasteiger partial charge in [-0.2, -0.15) is 5.10 Å². The molecule has 0 spiro atoms. The minimum absolute atomic E-state index is 0.0141. The molecule has 1 N–H and O–H groups in total. The number of aromatic nitrogens is 2. The number of fused-ring (bicyclic) bond motifs is 1. The summed E-state index contributed by atoms with van der Waals surface area (Å²) in [5, 5.41) is 8.45. The molecule has 7 nitrogen and oxygen atoms in total. The van der Waals surface area contributed by atoms with E-state index < -0.39 is 0 Å². The number of hydrogen-bond donors (Lipinski definition) is 1. The molecule has 2 aliphatic heterocycles. The van der Waals surface area contributed by atoms with Crippen LogP contribution in [0.15, 0.2) is 6.07 Å². The highest BCUT2D eigenvalue weighted by Crippen LogP contribution is 2.30. The van der Waals surface area contributed by atoms with E-state index in [2.05, 4.69) is 17.3 Å². The number of piperidine rings is 1. The summed E-state index contributed by atoms with van der Waals surface area (Å²) in [6.07, 6.45) is 2.91. The van der Waals surface area contributed by atoms with Crippen molar-refractivity contribution in [1.82, 2.24) is 20.0 Å². The van der Waals surface area contributed by atoms with E-state index in [0.29, 0.717) is 25.7 Å². The molecule has 0 radical (unpaired) electrons. The molecule has 1 atom stereocenters. The average Bonchev–Trinajstić information content (AvgIpc) is 3.39. The van der Waals surface area contributed by atoms with Gasteiger partial charge in [0.2, 0.25) is 5.91 Å². The Morgan fingerprint density at radius 3 is 2.81 bits per heavy atom. The van der Waals surface area contributed by atoms with E-state index >= 15 is 0 Å². The van der Waals surface area contributed by atoms with Crippen LogP contribution in [-0.4, -0.2) is 52.8 Å². The van der Waals surface area contributed by atoms with Crippen molar-refractivity contribution in [2.24, 2.45) is 18.9 Å². The molecule has 4 rings (SSSR count). The standard InChI is InChI=1S/C19H26N4O3S/c1-12-3-6-23(7-4-12)18(25)16-9-14-15(21-22(2)19(14)27-16)10-20-17(24)13-5-8-26-11-13/h9,12-13H,3-8,10-11H2,1-2H3,(H,20,24). The summed E-state index contributed by atoms with van der Waals surface area (Å²) in [4.78, 5) is 28.8. The number of aryl methyl sites for hydroxylation is 1. The number of thiophene rings is 1. The molecule has 146 valence electrons. The number of amides is 2. The average molecular weight is 391 g/mol. The molecule has 27 heavy (non-hydrogen) atoms. The maximum Gasteiger partial charge on any atom is 0.264 e. The molecule has 4 heterocycles. The first kappa shape index (κ1) is 18.4. The lowest BCUT2D eigenvalue weighted by molar-refractivity contribution is -0.125. The highest BCUT2D eigenvalue weighted by molar-refractivity contribution is 7.20. The summed E-state index contributed by atoms with van der Waals surface area (Å²) in [6.45, 7) is 5.42. The third-order valence-corrected chi connectivity index (χ3v) is 6.79. The Hall–Kier alpha value is -1.93. The second-order valence-electron chi connectivity index (χ2n) is 7.65. The minimum atomic E-state index is -0.0645. The lowest BCUT2D eigenvalue weighted by Crippen LogP contribution is -2.37. The van der Waals surface area contributed by atoms with Gasteiger partial charge in [0.05, 0.1) is 29.6 Å². The molecule has 8 heteroatoms. The summed E-state index contributed by atoms with van der Waals surface area (Å²) < 4.78 is 7.08. The number of nitrogens with one attached hydrogen (secondary N) is 1. The lowest BCUT2D eigenvalue weighted by Gasteiger charge is -2.29. The van der Waals surface area contributed by atoms with Crippen LogP contribution in [0, 0.1) is 11.8 Å². The summed E-state index contributed by atoms with van der Waals surface area (Å²) in [7, 11) is 1.88. The van der Waals surface area contributed by atoms with Crippen LogP contribution in [-0.2, 0) is 23.1 Å². The van der Waals surface area contributed by atoms with Crippen LogP contribution in [0.1, 0.15) is 41.6 Å². The zero-order valence-electron chi connectivity index (χ0n) is 15.9. The molecule has 0 aliphatic carbocycles. The normalized spacial score (nSPS) is 21.1. The van der Waals surface area contributed by atoms with Crippen LogP contribution in [0.4, 0.5) is 0 Å². The predicted octanol–water partition coefficient (Wildman–Crippen LogP) is 2.16. The molecule has 2 saturated heterocycles. The molecule has 2 fully saturated rings. The number of carbonyl (C=O) groups is 2. The van der Waals surface area contributed by atoms with Gasteiger partial charge in [-0.15, -0.1) is 11.3 Å². The monoisotopic (exact) mass is 390 g/mol. The fourth-order valence-corrected chi connectivity index (χ4v) is 4.83. The third-order valence-electron chi connectivity index (χ3n) is 5.60. The fourth-order valence-electron chi connectivity index (χ4n) is 3.77. The SMILES string of the molecule is CC1CCN(C(=O)c2cc3c(CNC(=O)C4CCOC4)nn(C)c3s2)CC1. The Kier molecular flexibility index (Phi) is 5.19. The van der Waals surface area contributed by atoms with Crippen molar-refractivity contribution in [1.29, 1.82) is 0 Å². The van der Waals surface area contributed by atoms with Gasteiger partial charge in [-0.1, -0.05) is 6.92 Å². The number of carbonyl (C=O) groups excluding carboxylic acids is 2. The van der Waals surface area contributed by atoms with Gasteiger partial charge in [-0.3, -0.25) is 14.3 Å². The number of likely N-dealkylation sites (tertiary alicyclic amines) is 1. The first-order valence-corrected chi connectivity index (χ1v) is 10.4. The van der Waals surface area contributed by atoms with Gasteiger partial charge in [0.25, 0.3) is 5.91 Å². The number of hydrogen-bond acceptors (Lipinski definition) is 5. The van der Waals surface area contributed by atoms with Crippen LogP contribution in [0.2, 0.25) is 0 Å². The van der Waals surface area contributed by atoms with E-state index in [0.717, 1.165) is 53.1 Å². The summed E-state index contributed by atoms with van der Waals surface area (Å²) >= 11 is 1.48. The van der Waals surface area contributed by atoms with Crippen LogP contribution >= 0.6 is 11.3 Å². The van der Waals surface area contributed by atoms with Crippen molar-refractivity contribution < 1.29 is 14.3 Å². The van der Waals surface area contributed by atoms with Gasteiger partial charge in [-0.05, 0) is 31.2 Å². The van der Waals surface area contributed by atoms with E-state index in [-0.39, 0.29) is 17.7 Å². The molecule has 0 bridgehead atoms. The largest absolute Gasteiger partial charge is 0.381 e. The highest BCUT2D eigenvalue weighted by Gasteiger charge is 2.26. The molecular weight excluding hydrogens is 364 g/mol. The van der Waals surface area contributed by atoms with Gasteiger partial charge in [0.1, 0.15) is 4.83 Å². The van der Waals surface area contributed by atoms with Gasteiger partial charge in [0.15, 0.2) is 0 Å². The topological polar surface area (TPSA) is 76.5 Å². The van der Waals surface area contributed by atoms with Crippen molar-refractivity contribution >= 4 is 33.4 Å². The number of ether oxygens (including phenoxy) is 1. The van der Waals surface area contributed by atoms with Gasteiger partial charge in [0, 0.05) is 32.1 Å². The second-order valence-corrected chi connectivity index (χ2v) is 8.68. The third kappa shape index (κ3) is 3.73. The quantitative estimate of drug-likeness (QED) is 0.868. The zero-order chi connectivity index (χ0) is 19.0. The highest BCUT2D eigenvalue weighted by atomic mass is 32.1. The zero-order valence-corrected chi connectivity index (χ0v) is 16.7. The van der Waals surface area contributed by atoms with Gasteiger partial charge >= 0.3 is 0 Å². The fraction of sp³-hybridized carbons (Fsp3) is 0.632. The van der Waals surface area contributed by atoms with E-state index in [4.69, 9.17) is 4.74 Å². The summed E-state index contributed by atoms with van der Waals surface area (Å²) in [6, 6.07) is 1.94. The van der Waals surface area contributed by atoms with Crippen molar-refractivity contribution in [3.63, 3.8) is 0 Å². The summed E-state index contributed by atoms with van der Waals surface area (Å²) in [5.41, 5.74) is 0.808. The van der Waals surface area contributed by atoms with Crippen molar-refractivity contribution in [3.8, 4) is 0 Å². The van der Waals surface area contributed by atoms with Crippen molar-refractivity contribution in [2.45, 2.75) is 32.7 Å². The molecule has 0 aromatic carbocycles. The predicted molar refractivity (Wildman–Crippen MR) is 104 cm³/mol. The minimum Gasteiger partial charge on any atom is -0.381 e. The Labute approximate surface area is 162 Å². The van der Waals surface area contributed by atoms with E-state index in [1.165, 1.54) is 11.3 Å². The maximum atomic E-state index is 12.9. The number of nitrogens with zero attached hydrogens (tertiary/aromatic N) is 3. The van der Waals surface area contributed by atoms with Crippen LogP contribution in [0.3, 0.4) is 0 Å². The second kappa shape index (κ2) is 7.59. The van der Waals surface area contributed by atoms with Gasteiger partial charge < -0.3 is 15.0 Å². The molecular formula is C19H26N4O3S. The molecule has 2 aromatic heterocycles. The van der Waals surface area contributed by atoms with E-state index in [1.54, 1.807) is 4.68 Å². The van der Waals surface area contributed by atoms with E-state index in [9.17, 15) is 9.59 Å². The molecule has 2 aliphatic rings. The van der Waals surface area contributed by atoms with Crippen molar-refractivity contribution in [2.75, 3.05) is 26.3 Å². The molecule has 1 unspecified atom stereocenters. The Bertz CT molecular complexity index is 845. The maximum absolute atomic E-state index is 12.9. The smallest absolute Gasteiger partial charge is 0.264 e. The van der Waals surface area contributed by atoms with Crippen molar-refractivity contribution in [3.05, 3.63) is 16.6 Å². The van der Waals surface area contributed by atoms with Crippen LogP contribution in [0.25, 0.3) is 10.2 Å². The lowest BCUT2D eigenvalue weighted by atomic mass is 9.99. The van der Waals surface area contributed by atoms with Crippen LogP contribution in [0.5, 0.6) is 0 Å². The van der Waals surface area contributed by atoms with Crippen LogP contribution < -0.4 is 5.32 Å². The van der Waals surface area contributed by atoms with E-state index in [1.807, 2.05) is 18.0 Å². The number of rotatable bonds is 4. The molecule has 2 amide bonds. The Morgan fingerprint density at radius 2 is 2.11 bits per heavy atom. The van der Waals surface area contributed by atoms with Gasteiger partial charge in [-0.25, -0.2) is 0 Å². The Balaban J connectivity index is 1.48. The summed E-state index contributed by atoms with van der Waals surface area (Å²) in [5.74, 6) is 0.757. The Morgan fingerprint density at radius 1 is 1.33 bits per heavy atom. The first-order valence-electron chi connectivity index (χ1n) is 9.63.